The first-order chi connectivity index (χ1) is 10.0. The van der Waals surface area contributed by atoms with Crippen LogP contribution in [-0.2, 0) is 11.3 Å². The number of nitriles is 1. The molecule has 0 unspecified atom stereocenters. The molecule has 0 amide bonds. The zero-order chi connectivity index (χ0) is 15.4. The van der Waals surface area contributed by atoms with Gasteiger partial charge >= 0.3 is 5.97 Å². The van der Waals surface area contributed by atoms with E-state index in [1.165, 1.54) is 18.2 Å². The molecule has 0 radical (unpaired) electrons. The second-order valence-electron chi connectivity index (χ2n) is 4.23. The van der Waals surface area contributed by atoms with Crippen molar-refractivity contribution in [3.05, 3.63) is 64.7 Å². The van der Waals surface area contributed by atoms with E-state index < -0.39 is 17.6 Å². The van der Waals surface area contributed by atoms with Gasteiger partial charge in [0.1, 0.15) is 18.2 Å². The fraction of sp³-hybridized carbons (Fsp3) is 0.0667. The molecule has 0 saturated carbocycles. The van der Waals surface area contributed by atoms with Crippen LogP contribution in [0.15, 0.2) is 36.4 Å². The Labute approximate surface area is 119 Å². The molecule has 0 aliphatic heterocycles. The molecule has 6 heteroatoms. The monoisotopic (exact) mass is 288 g/mol. The highest BCUT2D eigenvalue weighted by Gasteiger charge is 2.14. The maximum Gasteiger partial charge on any atom is 0.341 e. The van der Waals surface area contributed by atoms with Gasteiger partial charge in [0, 0.05) is 11.3 Å². The number of nitrogens with zero attached hydrogens (tertiary/aromatic N) is 1. The third-order valence-electron chi connectivity index (χ3n) is 2.75. The van der Waals surface area contributed by atoms with Gasteiger partial charge < -0.3 is 10.5 Å². The summed E-state index contributed by atoms with van der Waals surface area (Å²) in [6.45, 7) is -0.370. The highest BCUT2D eigenvalue weighted by atomic mass is 19.1. The lowest BCUT2D eigenvalue weighted by Crippen LogP contribution is -2.09. The van der Waals surface area contributed by atoms with Gasteiger partial charge in [-0.25, -0.2) is 13.6 Å². The molecule has 0 saturated heterocycles. The van der Waals surface area contributed by atoms with Crippen molar-refractivity contribution >= 4 is 11.7 Å². The smallest absolute Gasteiger partial charge is 0.341 e. The van der Waals surface area contributed by atoms with E-state index in [0.717, 1.165) is 18.2 Å². The molecule has 0 heterocycles. The summed E-state index contributed by atoms with van der Waals surface area (Å²) in [5.41, 5.74) is 5.61. The van der Waals surface area contributed by atoms with Crippen LogP contribution in [0.1, 0.15) is 21.5 Å². The van der Waals surface area contributed by atoms with E-state index in [4.69, 9.17) is 15.7 Å². The number of hydrogen-bond donors (Lipinski definition) is 1. The highest BCUT2D eigenvalue weighted by Crippen LogP contribution is 2.16. The van der Waals surface area contributed by atoms with Crippen LogP contribution in [0.4, 0.5) is 14.5 Å². The van der Waals surface area contributed by atoms with Crippen LogP contribution in [0.2, 0.25) is 0 Å². The van der Waals surface area contributed by atoms with Crippen LogP contribution in [-0.4, -0.2) is 5.97 Å². The minimum atomic E-state index is -0.941. The minimum absolute atomic E-state index is 0.0895. The topological polar surface area (TPSA) is 76.1 Å². The van der Waals surface area contributed by atoms with Crippen LogP contribution in [0.25, 0.3) is 0 Å². The Kier molecular flexibility index (Phi) is 4.14. The number of halogens is 2. The SMILES string of the molecule is N#Cc1ccc(COC(=O)c2cc(N)ccc2F)c(F)c1. The molecule has 0 atom stereocenters. The first kappa shape index (κ1) is 14.5. The standard InChI is InChI=1S/C15H10F2N2O2/c16-13-4-3-11(19)6-12(13)15(20)21-8-10-2-1-9(7-18)5-14(10)17/h1-6H,8,19H2. The largest absolute Gasteiger partial charge is 0.457 e. The number of hydrogen-bond acceptors (Lipinski definition) is 4. The van der Waals surface area contributed by atoms with Crippen molar-refractivity contribution in [1.82, 2.24) is 0 Å². The van der Waals surface area contributed by atoms with E-state index in [1.54, 1.807) is 6.07 Å². The van der Waals surface area contributed by atoms with Crippen molar-refractivity contribution in [2.24, 2.45) is 0 Å². The third-order valence-corrected chi connectivity index (χ3v) is 2.75. The van der Waals surface area contributed by atoms with Gasteiger partial charge in [0.05, 0.1) is 17.2 Å². The van der Waals surface area contributed by atoms with Crippen LogP contribution in [0, 0.1) is 23.0 Å². The maximum absolute atomic E-state index is 13.6. The molecule has 0 fully saturated rings. The van der Waals surface area contributed by atoms with Crippen molar-refractivity contribution in [2.45, 2.75) is 6.61 Å². The molecule has 2 aromatic rings. The van der Waals surface area contributed by atoms with Crippen molar-refractivity contribution < 1.29 is 18.3 Å². The molecule has 0 aliphatic carbocycles. The number of rotatable bonds is 3. The van der Waals surface area contributed by atoms with Crippen molar-refractivity contribution in [1.29, 1.82) is 5.26 Å². The zero-order valence-electron chi connectivity index (χ0n) is 10.8. The van der Waals surface area contributed by atoms with Crippen LogP contribution in [0.3, 0.4) is 0 Å². The van der Waals surface area contributed by atoms with Crippen LogP contribution in [0.5, 0.6) is 0 Å². The molecule has 106 valence electrons. The first-order valence-corrected chi connectivity index (χ1v) is 5.92. The van der Waals surface area contributed by atoms with Gasteiger partial charge in [0.2, 0.25) is 0 Å². The molecule has 4 nitrogen and oxygen atoms in total. The Morgan fingerprint density at radius 2 is 1.95 bits per heavy atom. The summed E-state index contributed by atoms with van der Waals surface area (Å²) < 4.78 is 31.9. The molecule has 2 N–H and O–H groups in total. The molecular weight excluding hydrogens is 278 g/mol. The molecule has 0 aromatic heterocycles. The maximum atomic E-state index is 13.6. The van der Waals surface area contributed by atoms with Crippen molar-refractivity contribution in [2.75, 3.05) is 5.73 Å². The first-order valence-electron chi connectivity index (χ1n) is 5.92. The summed E-state index contributed by atoms with van der Waals surface area (Å²) >= 11 is 0. The third kappa shape index (κ3) is 3.34. The van der Waals surface area contributed by atoms with E-state index in [9.17, 15) is 13.6 Å². The number of nitrogen functional groups attached to an aromatic ring is 1. The Bertz CT molecular complexity index is 739. The number of esters is 1. The van der Waals surface area contributed by atoms with Gasteiger partial charge in [-0.1, -0.05) is 6.07 Å². The molecule has 0 spiro atoms. The predicted octanol–water partition coefficient (Wildman–Crippen LogP) is 2.78. The van der Waals surface area contributed by atoms with E-state index in [-0.39, 0.29) is 29.0 Å². The summed E-state index contributed by atoms with van der Waals surface area (Å²) in [6, 6.07) is 9.05. The van der Waals surface area contributed by atoms with Gasteiger partial charge in [-0.05, 0) is 30.3 Å². The lowest BCUT2D eigenvalue weighted by Gasteiger charge is -2.07. The summed E-state index contributed by atoms with van der Waals surface area (Å²) in [5.74, 6) is -2.38. The molecule has 21 heavy (non-hydrogen) atoms. The summed E-state index contributed by atoms with van der Waals surface area (Å²) in [6.07, 6.45) is 0. The Hall–Kier alpha value is -2.94. The van der Waals surface area contributed by atoms with Gasteiger partial charge in [-0.3, -0.25) is 0 Å². The predicted molar refractivity (Wildman–Crippen MR) is 71.0 cm³/mol. The Morgan fingerprint density at radius 1 is 1.19 bits per heavy atom. The highest BCUT2D eigenvalue weighted by molar-refractivity contribution is 5.90. The lowest BCUT2D eigenvalue weighted by atomic mass is 10.1. The summed E-state index contributed by atoms with van der Waals surface area (Å²) in [7, 11) is 0. The zero-order valence-corrected chi connectivity index (χ0v) is 10.8. The minimum Gasteiger partial charge on any atom is -0.457 e. The number of nitrogens with two attached hydrogens (primary N) is 1. The number of benzene rings is 2. The van der Waals surface area contributed by atoms with Gasteiger partial charge in [0.25, 0.3) is 0 Å². The summed E-state index contributed by atoms with van der Waals surface area (Å²) in [4.78, 5) is 11.7. The van der Waals surface area contributed by atoms with E-state index in [1.807, 2.05) is 0 Å². The number of carbonyl (C=O) groups excluding carboxylic acids is 1. The Balaban J connectivity index is 2.11. The molecule has 0 bridgehead atoms. The second-order valence-corrected chi connectivity index (χ2v) is 4.23. The van der Waals surface area contributed by atoms with Gasteiger partial charge in [0.15, 0.2) is 0 Å². The van der Waals surface area contributed by atoms with Gasteiger partial charge in [-0.2, -0.15) is 5.26 Å². The van der Waals surface area contributed by atoms with E-state index in [0.29, 0.717) is 0 Å². The van der Waals surface area contributed by atoms with E-state index in [2.05, 4.69) is 0 Å². The van der Waals surface area contributed by atoms with Crippen LogP contribution >= 0.6 is 0 Å². The fourth-order valence-electron chi connectivity index (χ4n) is 1.65. The molecule has 2 aromatic carbocycles. The average Bonchev–Trinajstić information content (AvgIpc) is 2.48. The summed E-state index contributed by atoms with van der Waals surface area (Å²) in [5, 5.41) is 8.62. The molecule has 2 rings (SSSR count). The van der Waals surface area contributed by atoms with Crippen molar-refractivity contribution in [3.63, 3.8) is 0 Å². The Morgan fingerprint density at radius 3 is 2.62 bits per heavy atom. The normalized spacial score (nSPS) is 9.95. The van der Waals surface area contributed by atoms with E-state index >= 15 is 0 Å². The number of anilines is 1. The average molecular weight is 288 g/mol. The molecule has 0 aliphatic rings. The molecular formula is C15H10F2N2O2. The fourth-order valence-corrected chi connectivity index (χ4v) is 1.65. The lowest BCUT2D eigenvalue weighted by molar-refractivity contribution is 0.0463. The second kappa shape index (κ2) is 6.01. The quantitative estimate of drug-likeness (QED) is 0.696. The van der Waals surface area contributed by atoms with Gasteiger partial charge in [-0.15, -0.1) is 0 Å². The van der Waals surface area contributed by atoms with Crippen LogP contribution < -0.4 is 5.73 Å². The number of ether oxygens (including phenoxy) is 1. The number of carbonyl (C=O) groups is 1. The van der Waals surface area contributed by atoms with Crippen molar-refractivity contribution in [3.8, 4) is 6.07 Å².